The van der Waals surface area contributed by atoms with E-state index in [1.54, 1.807) is 30.5 Å². The second-order valence-electron chi connectivity index (χ2n) is 8.40. The summed E-state index contributed by atoms with van der Waals surface area (Å²) in [4.78, 5) is 28.4. The van der Waals surface area contributed by atoms with Crippen molar-refractivity contribution in [2.75, 3.05) is 31.3 Å². The van der Waals surface area contributed by atoms with Crippen molar-refractivity contribution >= 4 is 61.7 Å². The number of hydrogen-bond donors (Lipinski definition) is 1. The number of thioether (sulfide) groups is 1. The first-order valence-corrected chi connectivity index (χ1v) is 14.9. The minimum Gasteiger partial charge on any atom is -0.495 e. The van der Waals surface area contributed by atoms with E-state index in [1.165, 1.54) is 35.7 Å². The Bertz CT molecular complexity index is 1690. The van der Waals surface area contributed by atoms with Crippen molar-refractivity contribution in [3.8, 4) is 11.4 Å². The van der Waals surface area contributed by atoms with E-state index in [-0.39, 0.29) is 27.0 Å². The fraction of sp³-hybridized carbons (Fsp3) is 0.231. The lowest BCUT2D eigenvalue weighted by Crippen LogP contribution is -2.30. The molecule has 0 saturated carbocycles. The van der Waals surface area contributed by atoms with Crippen molar-refractivity contribution in [1.29, 1.82) is 0 Å². The molecule has 0 unspecified atom stereocenters. The largest absolute Gasteiger partial charge is 0.495 e. The Morgan fingerprint density at radius 2 is 1.88 bits per heavy atom. The van der Waals surface area contributed by atoms with Crippen LogP contribution in [0.15, 0.2) is 70.7 Å². The molecule has 1 amide bonds. The minimum absolute atomic E-state index is 0.0180. The number of ether oxygens (including phenoxy) is 1. The Kier molecular flexibility index (Phi) is 8.98. The molecule has 11 nitrogen and oxygen atoms in total. The summed E-state index contributed by atoms with van der Waals surface area (Å²) in [5.41, 5.74) is 1.36. The molecule has 0 spiro atoms. The average molecular weight is 604 g/mol. The number of carbonyl (C=O) groups is 1. The maximum absolute atomic E-state index is 13.1. The van der Waals surface area contributed by atoms with Gasteiger partial charge >= 0.3 is 0 Å². The number of fused-ring (bicyclic) bond motifs is 1. The smallest absolute Gasteiger partial charge is 0.294 e. The SMILES string of the molecule is CCN(CC)S(=O)(=O)c1ccc2c(c1)nc(SCC(=O)Nc1ccc(Cl)cc1[N+](=O)[O-])n2-c1ccccc1OC. The molecule has 1 N–H and O–H groups in total. The Hall–Kier alpha value is -3.65. The lowest BCUT2D eigenvalue weighted by Gasteiger charge is -2.18. The Morgan fingerprint density at radius 1 is 1.15 bits per heavy atom. The van der Waals surface area contributed by atoms with Crippen LogP contribution in [-0.2, 0) is 14.8 Å². The van der Waals surface area contributed by atoms with Crippen LogP contribution in [-0.4, -0.2) is 59.1 Å². The Labute approximate surface area is 240 Å². The zero-order valence-corrected chi connectivity index (χ0v) is 24.2. The first kappa shape index (κ1) is 29.3. The number of imidazole rings is 1. The van der Waals surface area contributed by atoms with E-state index in [4.69, 9.17) is 16.3 Å². The lowest BCUT2D eigenvalue weighted by molar-refractivity contribution is -0.383. The zero-order valence-electron chi connectivity index (χ0n) is 21.8. The van der Waals surface area contributed by atoms with Gasteiger partial charge in [-0.05, 0) is 42.5 Å². The van der Waals surface area contributed by atoms with Crippen molar-refractivity contribution < 1.29 is 22.9 Å². The van der Waals surface area contributed by atoms with Crippen molar-refractivity contribution in [1.82, 2.24) is 13.9 Å². The first-order valence-electron chi connectivity index (χ1n) is 12.1. The molecule has 3 aromatic carbocycles. The van der Waals surface area contributed by atoms with Crippen LogP contribution in [0.3, 0.4) is 0 Å². The van der Waals surface area contributed by atoms with Crippen LogP contribution < -0.4 is 10.1 Å². The van der Waals surface area contributed by atoms with Crippen LogP contribution in [0, 0.1) is 10.1 Å². The summed E-state index contributed by atoms with van der Waals surface area (Å²) in [6.07, 6.45) is 0. The van der Waals surface area contributed by atoms with Crippen LogP contribution >= 0.6 is 23.4 Å². The number of amides is 1. The highest BCUT2D eigenvalue weighted by Crippen LogP contribution is 2.34. The van der Waals surface area contributed by atoms with Gasteiger partial charge in [-0.2, -0.15) is 4.31 Å². The van der Waals surface area contributed by atoms with E-state index in [1.807, 2.05) is 18.2 Å². The predicted molar refractivity (Wildman–Crippen MR) is 155 cm³/mol. The number of carbonyl (C=O) groups excluding carboxylic acids is 1. The quantitative estimate of drug-likeness (QED) is 0.137. The first-order chi connectivity index (χ1) is 19.1. The van der Waals surface area contributed by atoms with Crippen molar-refractivity contribution in [2.24, 2.45) is 0 Å². The summed E-state index contributed by atoms with van der Waals surface area (Å²) in [5.74, 6) is -0.0911. The maximum Gasteiger partial charge on any atom is 0.294 e. The highest BCUT2D eigenvalue weighted by atomic mass is 35.5. The van der Waals surface area contributed by atoms with Crippen molar-refractivity contribution in [3.05, 3.63) is 75.8 Å². The summed E-state index contributed by atoms with van der Waals surface area (Å²) in [7, 11) is -2.19. The van der Waals surface area contributed by atoms with Crippen LogP contribution in [0.5, 0.6) is 5.75 Å². The van der Waals surface area contributed by atoms with Gasteiger partial charge in [0.15, 0.2) is 5.16 Å². The fourth-order valence-electron chi connectivity index (χ4n) is 4.13. The monoisotopic (exact) mass is 603 g/mol. The number of hydrogen-bond acceptors (Lipinski definition) is 8. The molecular weight excluding hydrogens is 578 g/mol. The molecule has 0 atom stereocenters. The van der Waals surface area contributed by atoms with Crippen LogP contribution in [0.4, 0.5) is 11.4 Å². The molecule has 0 aliphatic rings. The van der Waals surface area contributed by atoms with Gasteiger partial charge in [-0.15, -0.1) is 0 Å². The molecule has 14 heteroatoms. The standard InChI is InChI=1S/C26H26ClN5O6S2/c1-4-30(5-2)40(36,37)18-11-13-21-20(15-18)29-26(31(21)22-8-6-7-9-24(22)38-3)39-16-25(33)28-19-12-10-17(27)14-23(19)32(34)35/h6-15H,4-5,16H2,1-3H3,(H,28,33). The third-order valence-corrected chi connectivity index (χ3v) is 9.25. The molecule has 40 heavy (non-hydrogen) atoms. The summed E-state index contributed by atoms with van der Waals surface area (Å²) in [5, 5.41) is 14.5. The zero-order chi connectivity index (χ0) is 29.0. The highest BCUT2D eigenvalue weighted by Gasteiger charge is 2.24. The molecular formula is C26H26ClN5O6S2. The molecule has 0 fully saturated rings. The Morgan fingerprint density at radius 3 is 2.55 bits per heavy atom. The molecule has 0 aliphatic carbocycles. The van der Waals surface area contributed by atoms with Gasteiger partial charge in [0.1, 0.15) is 11.4 Å². The molecule has 0 saturated heterocycles. The molecule has 0 bridgehead atoms. The number of aromatic nitrogens is 2. The topological polar surface area (TPSA) is 137 Å². The van der Waals surface area contributed by atoms with Crippen LogP contribution in [0.2, 0.25) is 5.02 Å². The number of sulfonamides is 1. The van der Waals surface area contributed by atoms with Crippen LogP contribution in [0.25, 0.3) is 16.7 Å². The maximum atomic E-state index is 13.1. The number of nitrogens with zero attached hydrogens (tertiary/aromatic N) is 4. The fourth-order valence-corrected chi connectivity index (χ4v) is 6.60. The van der Waals surface area contributed by atoms with Gasteiger partial charge in [0.25, 0.3) is 5.69 Å². The molecule has 210 valence electrons. The van der Waals surface area contributed by atoms with Gasteiger partial charge in [-0.25, -0.2) is 13.4 Å². The van der Waals surface area contributed by atoms with E-state index < -0.39 is 20.9 Å². The van der Waals surface area contributed by atoms with Gasteiger partial charge in [0.2, 0.25) is 15.9 Å². The van der Waals surface area contributed by atoms with Gasteiger partial charge in [0, 0.05) is 24.2 Å². The lowest BCUT2D eigenvalue weighted by atomic mass is 10.2. The second kappa shape index (κ2) is 12.3. The third-order valence-electron chi connectivity index (χ3n) is 6.03. The number of nitro benzene ring substituents is 1. The van der Waals surface area contributed by atoms with Gasteiger partial charge in [-0.3, -0.25) is 19.5 Å². The van der Waals surface area contributed by atoms with E-state index in [0.29, 0.717) is 40.7 Å². The number of nitro groups is 1. The van der Waals surface area contributed by atoms with Gasteiger partial charge in [0.05, 0.1) is 39.4 Å². The number of anilines is 1. The summed E-state index contributed by atoms with van der Waals surface area (Å²) in [6, 6.07) is 15.9. The summed E-state index contributed by atoms with van der Waals surface area (Å²) < 4.78 is 35.0. The average Bonchev–Trinajstić information content (AvgIpc) is 3.30. The van der Waals surface area contributed by atoms with Crippen molar-refractivity contribution in [3.63, 3.8) is 0 Å². The number of halogens is 1. The van der Waals surface area contributed by atoms with E-state index in [0.717, 1.165) is 17.8 Å². The number of nitrogens with one attached hydrogen (secondary N) is 1. The van der Waals surface area contributed by atoms with E-state index >= 15 is 0 Å². The summed E-state index contributed by atoms with van der Waals surface area (Å²) in [6.45, 7) is 4.20. The highest BCUT2D eigenvalue weighted by molar-refractivity contribution is 7.99. The van der Waals surface area contributed by atoms with Gasteiger partial charge in [-0.1, -0.05) is 49.3 Å². The van der Waals surface area contributed by atoms with E-state index in [9.17, 15) is 23.3 Å². The number of methoxy groups -OCH3 is 1. The summed E-state index contributed by atoms with van der Waals surface area (Å²) >= 11 is 6.96. The van der Waals surface area contributed by atoms with Crippen LogP contribution in [0.1, 0.15) is 13.8 Å². The molecule has 4 aromatic rings. The minimum atomic E-state index is -3.72. The number of para-hydroxylation sites is 2. The van der Waals surface area contributed by atoms with E-state index in [2.05, 4.69) is 10.3 Å². The number of rotatable bonds is 11. The van der Waals surface area contributed by atoms with Gasteiger partial charge < -0.3 is 10.1 Å². The Balaban J connectivity index is 1.73. The molecule has 1 heterocycles. The number of benzene rings is 3. The molecule has 1 aromatic heterocycles. The third kappa shape index (κ3) is 5.92. The molecule has 4 rings (SSSR count). The predicted octanol–water partition coefficient (Wildman–Crippen LogP) is 5.36. The second-order valence-corrected chi connectivity index (χ2v) is 11.7. The van der Waals surface area contributed by atoms with Crippen molar-refractivity contribution in [2.45, 2.75) is 23.9 Å². The normalized spacial score (nSPS) is 11.6. The molecule has 0 radical (unpaired) electrons. The molecule has 0 aliphatic heterocycles.